The number of nitrogens with zero attached hydrogens (tertiary/aromatic N) is 1. The molecule has 1 fully saturated rings. The van der Waals surface area contributed by atoms with Crippen LogP contribution in [0.15, 0.2) is 18.2 Å². The smallest absolute Gasteiger partial charge is 0.254 e. The number of carbonyl (C=O) groups is 1. The minimum Gasteiger partial charge on any atom is -0.358 e. The van der Waals surface area contributed by atoms with E-state index in [1.54, 1.807) is 0 Å². The van der Waals surface area contributed by atoms with Crippen molar-refractivity contribution in [2.45, 2.75) is 26.8 Å². The van der Waals surface area contributed by atoms with Gasteiger partial charge in [-0.1, -0.05) is 0 Å². The van der Waals surface area contributed by atoms with E-state index >= 15 is 0 Å². The van der Waals surface area contributed by atoms with Crippen LogP contribution in [-0.4, -0.2) is 39.9 Å². The second-order valence-electron chi connectivity index (χ2n) is 5.56. The molecule has 0 spiro atoms. The highest BCUT2D eigenvalue weighted by Crippen LogP contribution is 2.24. The maximum absolute atomic E-state index is 12.7. The lowest BCUT2D eigenvalue weighted by Crippen LogP contribution is -2.44. The third kappa shape index (κ3) is 2.22. The number of hydrogen-bond donors (Lipinski definition) is 1. The summed E-state index contributed by atoms with van der Waals surface area (Å²) in [7, 11) is 0. The van der Waals surface area contributed by atoms with Gasteiger partial charge >= 0.3 is 0 Å². The predicted octanol–water partition coefficient (Wildman–Crippen LogP) is 3.36. The molecular weight excluding hydrogens is 268 g/mol. The van der Waals surface area contributed by atoms with Gasteiger partial charge in [-0.3, -0.25) is 4.79 Å². The number of nitrogens with one attached hydrogen (secondary N) is 1. The highest BCUT2D eigenvalue weighted by atomic mass is 32.2. The van der Waals surface area contributed by atoms with E-state index in [2.05, 4.69) is 25.8 Å². The summed E-state index contributed by atoms with van der Waals surface area (Å²) in [6.07, 6.45) is 0. The van der Waals surface area contributed by atoms with Crippen molar-refractivity contribution < 1.29 is 4.79 Å². The van der Waals surface area contributed by atoms with E-state index in [0.717, 1.165) is 34.5 Å². The maximum Gasteiger partial charge on any atom is 0.254 e. The molecule has 1 saturated heterocycles. The molecule has 2 aromatic rings. The minimum atomic E-state index is 0.165. The Labute approximate surface area is 123 Å². The van der Waals surface area contributed by atoms with Crippen molar-refractivity contribution >= 4 is 28.6 Å². The molecule has 1 unspecified atom stereocenters. The fourth-order valence-corrected chi connectivity index (χ4v) is 3.80. The standard InChI is InChI=1S/C16H20N2OS/c1-10-9-20-7-6-18(10)16(19)13-4-5-15-14(8-13)11(2)12(3)17-15/h4-5,8,10,17H,6-7,9H2,1-3H3. The molecule has 4 heteroatoms. The summed E-state index contributed by atoms with van der Waals surface area (Å²) in [5.74, 6) is 2.25. The van der Waals surface area contributed by atoms with Crippen LogP contribution in [0, 0.1) is 13.8 Å². The summed E-state index contributed by atoms with van der Waals surface area (Å²) < 4.78 is 0. The monoisotopic (exact) mass is 288 g/mol. The number of aromatic amines is 1. The Hall–Kier alpha value is -1.42. The molecule has 20 heavy (non-hydrogen) atoms. The van der Waals surface area contributed by atoms with Crippen LogP contribution in [0.1, 0.15) is 28.5 Å². The molecule has 3 rings (SSSR count). The zero-order valence-electron chi connectivity index (χ0n) is 12.2. The Kier molecular flexibility index (Phi) is 3.50. The Balaban J connectivity index is 1.97. The van der Waals surface area contributed by atoms with Crippen LogP contribution in [0.3, 0.4) is 0 Å². The molecule has 1 N–H and O–H groups in total. The van der Waals surface area contributed by atoms with Gasteiger partial charge in [0, 0.05) is 46.3 Å². The number of fused-ring (bicyclic) bond motifs is 1. The molecule has 1 aromatic heterocycles. The second kappa shape index (κ2) is 5.17. The van der Waals surface area contributed by atoms with Crippen molar-refractivity contribution in [2.75, 3.05) is 18.1 Å². The fourth-order valence-electron chi connectivity index (χ4n) is 2.79. The van der Waals surface area contributed by atoms with E-state index in [4.69, 9.17) is 0 Å². The Morgan fingerprint density at radius 2 is 2.20 bits per heavy atom. The van der Waals surface area contributed by atoms with Gasteiger partial charge in [-0.2, -0.15) is 11.8 Å². The minimum absolute atomic E-state index is 0.165. The zero-order valence-corrected chi connectivity index (χ0v) is 13.0. The number of thioether (sulfide) groups is 1. The topological polar surface area (TPSA) is 36.1 Å². The number of benzene rings is 1. The summed E-state index contributed by atoms with van der Waals surface area (Å²) in [5, 5.41) is 1.16. The molecule has 1 aliphatic heterocycles. The lowest BCUT2D eigenvalue weighted by Gasteiger charge is -2.33. The largest absolute Gasteiger partial charge is 0.358 e. The third-order valence-electron chi connectivity index (χ3n) is 4.18. The zero-order chi connectivity index (χ0) is 14.3. The molecule has 0 saturated carbocycles. The second-order valence-corrected chi connectivity index (χ2v) is 6.71. The molecule has 1 atom stereocenters. The van der Waals surface area contributed by atoms with Gasteiger partial charge in [0.05, 0.1) is 0 Å². The van der Waals surface area contributed by atoms with Crippen LogP contribution in [0.5, 0.6) is 0 Å². The van der Waals surface area contributed by atoms with Gasteiger partial charge in [-0.15, -0.1) is 0 Å². The Morgan fingerprint density at radius 3 is 2.95 bits per heavy atom. The molecule has 1 aromatic carbocycles. The van der Waals surface area contributed by atoms with Gasteiger partial charge in [-0.05, 0) is 44.5 Å². The van der Waals surface area contributed by atoms with Crippen LogP contribution in [-0.2, 0) is 0 Å². The van der Waals surface area contributed by atoms with Gasteiger partial charge in [0.2, 0.25) is 0 Å². The van der Waals surface area contributed by atoms with Gasteiger partial charge in [-0.25, -0.2) is 0 Å². The lowest BCUT2D eigenvalue weighted by molar-refractivity contribution is 0.0716. The Morgan fingerprint density at radius 1 is 1.40 bits per heavy atom. The molecule has 2 heterocycles. The van der Waals surface area contributed by atoms with E-state index in [9.17, 15) is 4.79 Å². The average Bonchev–Trinajstić information content (AvgIpc) is 2.74. The summed E-state index contributed by atoms with van der Waals surface area (Å²) in [6.45, 7) is 7.16. The van der Waals surface area contributed by atoms with Crippen molar-refractivity contribution in [1.29, 1.82) is 0 Å². The van der Waals surface area contributed by atoms with Crippen molar-refractivity contribution in [3.05, 3.63) is 35.0 Å². The first-order valence-electron chi connectivity index (χ1n) is 7.05. The number of amides is 1. The van der Waals surface area contributed by atoms with Crippen molar-refractivity contribution in [2.24, 2.45) is 0 Å². The number of aromatic nitrogens is 1. The van der Waals surface area contributed by atoms with Crippen LogP contribution in [0.25, 0.3) is 10.9 Å². The maximum atomic E-state index is 12.7. The van der Waals surface area contributed by atoms with E-state index < -0.39 is 0 Å². The molecule has 106 valence electrons. The number of aryl methyl sites for hydroxylation is 2. The summed E-state index contributed by atoms with van der Waals surface area (Å²) in [5.41, 5.74) is 4.32. The van der Waals surface area contributed by atoms with Crippen molar-refractivity contribution in [1.82, 2.24) is 9.88 Å². The van der Waals surface area contributed by atoms with Crippen molar-refractivity contribution in [3.63, 3.8) is 0 Å². The SMILES string of the molecule is Cc1[nH]c2ccc(C(=O)N3CCSCC3C)cc2c1C. The molecule has 3 nitrogen and oxygen atoms in total. The number of hydrogen-bond acceptors (Lipinski definition) is 2. The van der Waals surface area contributed by atoms with Crippen LogP contribution >= 0.6 is 11.8 Å². The molecule has 1 amide bonds. The summed E-state index contributed by atoms with van der Waals surface area (Å²) in [4.78, 5) is 18.0. The van der Waals surface area contributed by atoms with Gasteiger partial charge in [0.1, 0.15) is 0 Å². The van der Waals surface area contributed by atoms with Crippen LogP contribution < -0.4 is 0 Å². The average molecular weight is 288 g/mol. The first-order valence-corrected chi connectivity index (χ1v) is 8.21. The fraction of sp³-hybridized carbons (Fsp3) is 0.438. The highest BCUT2D eigenvalue weighted by molar-refractivity contribution is 7.99. The molecule has 0 bridgehead atoms. The van der Waals surface area contributed by atoms with Gasteiger partial charge < -0.3 is 9.88 Å². The third-order valence-corrected chi connectivity index (χ3v) is 5.37. The van der Waals surface area contributed by atoms with Crippen LogP contribution in [0.2, 0.25) is 0 Å². The number of H-pyrrole nitrogens is 1. The van der Waals surface area contributed by atoms with E-state index in [1.165, 1.54) is 11.3 Å². The number of carbonyl (C=O) groups excluding carboxylic acids is 1. The van der Waals surface area contributed by atoms with Gasteiger partial charge in [0.15, 0.2) is 0 Å². The quantitative estimate of drug-likeness (QED) is 0.873. The normalized spacial score (nSPS) is 19.6. The lowest BCUT2D eigenvalue weighted by atomic mass is 10.1. The molecule has 0 radical (unpaired) electrons. The van der Waals surface area contributed by atoms with E-state index in [0.29, 0.717) is 6.04 Å². The van der Waals surface area contributed by atoms with E-state index in [-0.39, 0.29) is 5.91 Å². The Bertz CT molecular complexity index is 662. The molecule has 0 aliphatic carbocycles. The summed E-state index contributed by atoms with van der Waals surface area (Å²) >= 11 is 1.93. The number of rotatable bonds is 1. The summed E-state index contributed by atoms with van der Waals surface area (Å²) in [6, 6.07) is 6.32. The molecular formula is C16H20N2OS. The predicted molar refractivity (Wildman–Crippen MR) is 85.6 cm³/mol. The van der Waals surface area contributed by atoms with Crippen LogP contribution in [0.4, 0.5) is 0 Å². The first kappa shape index (κ1) is 13.6. The van der Waals surface area contributed by atoms with E-state index in [1.807, 2.05) is 34.9 Å². The molecule has 1 aliphatic rings. The van der Waals surface area contributed by atoms with Crippen molar-refractivity contribution in [3.8, 4) is 0 Å². The first-order chi connectivity index (χ1) is 9.58. The van der Waals surface area contributed by atoms with Gasteiger partial charge in [0.25, 0.3) is 5.91 Å². The highest BCUT2D eigenvalue weighted by Gasteiger charge is 2.24.